The summed E-state index contributed by atoms with van der Waals surface area (Å²) in [6.07, 6.45) is 15.6. The monoisotopic (exact) mass is 288 g/mol. The third kappa shape index (κ3) is 2.49. The average Bonchev–Trinajstić information content (AvgIpc) is 2.34. The first-order chi connectivity index (χ1) is 9.90. The third-order valence-electron chi connectivity index (χ3n) is 7.35. The van der Waals surface area contributed by atoms with Crippen LogP contribution in [0.2, 0.25) is 0 Å². The van der Waals surface area contributed by atoms with Crippen molar-refractivity contribution in [2.75, 3.05) is 0 Å². The topological polar surface area (TPSA) is 17.1 Å². The Hall–Kier alpha value is -0.330. The molecule has 0 heterocycles. The molecule has 2 unspecified atom stereocenters. The number of ketones is 1. The molecule has 118 valence electrons. The lowest BCUT2D eigenvalue weighted by molar-refractivity contribution is -0.157. The van der Waals surface area contributed by atoms with Gasteiger partial charge in [0.1, 0.15) is 5.78 Å². The minimum Gasteiger partial charge on any atom is -0.299 e. The number of hydrogen-bond donors (Lipinski definition) is 0. The number of carbonyl (C=O) groups is 1. The number of hydrogen-bond acceptors (Lipinski definition) is 1. The van der Waals surface area contributed by atoms with Crippen molar-refractivity contribution in [3.05, 3.63) is 0 Å². The molecule has 0 aromatic heterocycles. The summed E-state index contributed by atoms with van der Waals surface area (Å²) in [5, 5.41) is 0. The Morgan fingerprint density at radius 3 is 2.10 bits per heavy atom. The molecule has 0 aromatic carbocycles. The van der Waals surface area contributed by atoms with Crippen molar-refractivity contribution < 1.29 is 4.79 Å². The predicted molar refractivity (Wildman–Crippen MR) is 86.0 cm³/mol. The fraction of sp³-hybridized carbons (Fsp3) is 0.950. The van der Waals surface area contributed by atoms with Crippen LogP contribution in [0.5, 0.6) is 0 Å². The van der Waals surface area contributed by atoms with Crippen LogP contribution in [0.4, 0.5) is 0 Å². The van der Waals surface area contributed by atoms with Gasteiger partial charge in [0.05, 0.1) is 0 Å². The molecule has 0 aromatic rings. The lowest BCUT2D eigenvalue weighted by Gasteiger charge is -2.65. The van der Waals surface area contributed by atoms with E-state index in [2.05, 4.69) is 13.8 Å². The van der Waals surface area contributed by atoms with E-state index < -0.39 is 0 Å². The van der Waals surface area contributed by atoms with E-state index >= 15 is 0 Å². The minimum absolute atomic E-state index is 0.400. The maximum Gasteiger partial charge on any atom is 0.136 e. The molecule has 1 heteroatoms. The molecule has 5 fully saturated rings. The van der Waals surface area contributed by atoms with E-state index in [0.29, 0.717) is 27.9 Å². The Bertz CT molecular complexity index is 427. The van der Waals surface area contributed by atoms with Crippen molar-refractivity contribution in [3.63, 3.8) is 0 Å². The molecule has 0 aliphatic heterocycles. The molecular weight excluding hydrogens is 256 g/mol. The van der Waals surface area contributed by atoms with Gasteiger partial charge in [-0.3, -0.25) is 4.79 Å². The van der Waals surface area contributed by atoms with E-state index in [1.54, 1.807) is 0 Å². The number of carbonyl (C=O) groups excluding carboxylic acids is 1. The normalized spacial score (nSPS) is 49.5. The van der Waals surface area contributed by atoms with E-state index in [1.165, 1.54) is 70.6 Å². The predicted octanol–water partition coefficient (Wildman–Crippen LogP) is 5.52. The molecule has 2 atom stereocenters. The fourth-order valence-electron chi connectivity index (χ4n) is 7.82. The molecular formula is C20H32O. The standard InChI is InChI=1S/C20H32O/c1-18-8-15-9-19(2,12-18)14-20(10-15,13-18)11-17(21)16-6-4-3-5-7-16/h15-16H,3-14H2,1-2H3. The van der Waals surface area contributed by atoms with E-state index in [-0.39, 0.29) is 0 Å². The highest BCUT2D eigenvalue weighted by Crippen LogP contribution is 2.70. The van der Waals surface area contributed by atoms with Gasteiger partial charge in [-0.1, -0.05) is 33.1 Å². The summed E-state index contributed by atoms with van der Waals surface area (Å²) in [4.78, 5) is 12.9. The summed E-state index contributed by atoms with van der Waals surface area (Å²) in [6, 6.07) is 0. The first-order valence-corrected chi connectivity index (χ1v) is 9.42. The van der Waals surface area contributed by atoms with E-state index in [4.69, 9.17) is 0 Å². The van der Waals surface area contributed by atoms with Crippen LogP contribution in [-0.2, 0) is 4.79 Å². The Balaban J connectivity index is 1.52. The van der Waals surface area contributed by atoms with Crippen LogP contribution in [0.3, 0.4) is 0 Å². The van der Waals surface area contributed by atoms with Crippen molar-refractivity contribution in [1.29, 1.82) is 0 Å². The van der Waals surface area contributed by atoms with Crippen LogP contribution in [-0.4, -0.2) is 5.78 Å². The van der Waals surface area contributed by atoms with Crippen molar-refractivity contribution in [1.82, 2.24) is 0 Å². The SMILES string of the molecule is CC12CC3CC(C)(C1)CC(CC(=O)C1CCCCC1)(C3)C2. The van der Waals surface area contributed by atoms with Gasteiger partial charge in [-0.2, -0.15) is 0 Å². The second kappa shape index (κ2) is 4.59. The number of rotatable bonds is 3. The van der Waals surface area contributed by atoms with Crippen molar-refractivity contribution in [3.8, 4) is 0 Å². The largest absolute Gasteiger partial charge is 0.299 e. The maximum absolute atomic E-state index is 12.9. The van der Waals surface area contributed by atoms with Gasteiger partial charge in [0.2, 0.25) is 0 Å². The molecule has 5 rings (SSSR count). The number of Topliss-reactive ketones (excluding diaryl/α,β-unsaturated/α-hetero) is 1. The van der Waals surface area contributed by atoms with Gasteiger partial charge < -0.3 is 0 Å². The Labute approximate surface area is 130 Å². The molecule has 5 aliphatic carbocycles. The van der Waals surface area contributed by atoms with Gasteiger partial charge in [-0.25, -0.2) is 0 Å². The first kappa shape index (κ1) is 14.3. The van der Waals surface area contributed by atoms with Gasteiger partial charge >= 0.3 is 0 Å². The second-order valence-corrected chi connectivity index (χ2v) is 10.1. The van der Waals surface area contributed by atoms with E-state index in [1.807, 2.05) is 0 Å². The highest BCUT2D eigenvalue weighted by atomic mass is 16.1. The molecule has 0 saturated heterocycles. The van der Waals surface area contributed by atoms with Crippen molar-refractivity contribution in [2.45, 2.75) is 90.9 Å². The first-order valence-electron chi connectivity index (χ1n) is 9.42. The minimum atomic E-state index is 0.400. The second-order valence-electron chi connectivity index (χ2n) is 10.1. The molecule has 0 spiro atoms. The molecule has 4 bridgehead atoms. The lowest BCUT2D eigenvalue weighted by atomic mass is 9.39. The molecule has 5 saturated carbocycles. The Kier molecular flexibility index (Phi) is 3.12. The van der Waals surface area contributed by atoms with E-state index in [0.717, 1.165) is 12.3 Å². The highest BCUT2D eigenvalue weighted by molar-refractivity contribution is 5.81. The summed E-state index contributed by atoms with van der Waals surface area (Å²) in [5.74, 6) is 1.99. The van der Waals surface area contributed by atoms with Gasteiger partial charge in [0.15, 0.2) is 0 Å². The highest BCUT2D eigenvalue weighted by Gasteiger charge is 2.60. The summed E-state index contributed by atoms with van der Waals surface area (Å²) in [5.41, 5.74) is 1.51. The molecule has 0 amide bonds. The smallest absolute Gasteiger partial charge is 0.136 e. The zero-order chi connectivity index (χ0) is 14.7. The van der Waals surface area contributed by atoms with Crippen LogP contribution < -0.4 is 0 Å². The van der Waals surface area contributed by atoms with E-state index in [9.17, 15) is 4.79 Å². The zero-order valence-corrected chi connectivity index (χ0v) is 14.0. The summed E-state index contributed by atoms with van der Waals surface area (Å²) in [7, 11) is 0. The molecule has 1 nitrogen and oxygen atoms in total. The van der Waals surface area contributed by atoms with Gasteiger partial charge in [0.25, 0.3) is 0 Å². The van der Waals surface area contributed by atoms with Gasteiger partial charge in [-0.05, 0) is 73.5 Å². The molecule has 5 aliphatic rings. The maximum atomic E-state index is 12.9. The van der Waals surface area contributed by atoms with Crippen molar-refractivity contribution >= 4 is 5.78 Å². The van der Waals surface area contributed by atoms with Gasteiger partial charge in [-0.15, -0.1) is 0 Å². The summed E-state index contributed by atoms with van der Waals surface area (Å²) >= 11 is 0. The lowest BCUT2D eigenvalue weighted by Crippen LogP contribution is -2.55. The Morgan fingerprint density at radius 2 is 1.52 bits per heavy atom. The Morgan fingerprint density at radius 1 is 0.905 bits per heavy atom. The fourth-order valence-corrected chi connectivity index (χ4v) is 7.82. The van der Waals surface area contributed by atoms with Crippen LogP contribution >= 0.6 is 0 Å². The quantitative estimate of drug-likeness (QED) is 0.668. The van der Waals surface area contributed by atoms with Gasteiger partial charge in [0, 0.05) is 12.3 Å². The zero-order valence-electron chi connectivity index (χ0n) is 14.0. The molecule has 0 radical (unpaired) electrons. The summed E-state index contributed by atoms with van der Waals surface area (Å²) < 4.78 is 0. The van der Waals surface area contributed by atoms with Crippen LogP contribution in [0.15, 0.2) is 0 Å². The van der Waals surface area contributed by atoms with Crippen LogP contribution in [0.25, 0.3) is 0 Å². The molecule has 21 heavy (non-hydrogen) atoms. The molecule has 0 N–H and O–H groups in total. The third-order valence-corrected chi connectivity index (χ3v) is 7.35. The van der Waals surface area contributed by atoms with Crippen molar-refractivity contribution in [2.24, 2.45) is 28.1 Å². The average molecular weight is 288 g/mol. The van der Waals surface area contributed by atoms with Crippen LogP contribution in [0, 0.1) is 28.1 Å². The summed E-state index contributed by atoms with van der Waals surface area (Å²) in [6.45, 7) is 5.05. The van der Waals surface area contributed by atoms with Crippen LogP contribution in [0.1, 0.15) is 90.9 Å².